The Kier molecular flexibility index (Phi) is 7.11. The van der Waals surface area contributed by atoms with Crippen molar-refractivity contribution >= 4 is 23.5 Å². The molecule has 0 aliphatic heterocycles. The van der Waals surface area contributed by atoms with Crippen molar-refractivity contribution in [3.8, 4) is 0 Å². The van der Waals surface area contributed by atoms with Crippen LogP contribution >= 0.6 is 11.6 Å². The van der Waals surface area contributed by atoms with Crippen molar-refractivity contribution in [1.82, 2.24) is 16.0 Å². The number of halogens is 1. The Morgan fingerprint density at radius 3 is 2.46 bits per heavy atom. The second-order valence-corrected chi connectivity index (χ2v) is 5.54. The molecule has 0 bridgehead atoms. The maximum atomic E-state index is 11.9. The number of rotatable bonds is 6. The molecule has 1 amide bonds. The highest BCUT2D eigenvalue weighted by Gasteiger charge is 2.03. The van der Waals surface area contributed by atoms with Gasteiger partial charge in [0.05, 0.1) is 0 Å². The molecule has 0 saturated carbocycles. The molecule has 3 N–H and O–H groups in total. The second-order valence-electron chi connectivity index (χ2n) is 5.10. The van der Waals surface area contributed by atoms with Crippen molar-refractivity contribution in [3.63, 3.8) is 0 Å². The molecule has 0 heterocycles. The van der Waals surface area contributed by atoms with Gasteiger partial charge in [-0.25, -0.2) is 0 Å². The minimum atomic E-state index is -0.0840. The highest BCUT2D eigenvalue weighted by atomic mass is 35.5. The van der Waals surface area contributed by atoms with Gasteiger partial charge in [-0.2, -0.15) is 0 Å². The number of hydrogen-bond acceptors (Lipinski definition) is 2. The number of carbonyl (C=O) groups is 1. The van der Waals surface area contributed by atoms with Crippen molar-refractivity contribution in [3.05, 3.63) is 70.7 Å². The molecule has 0 fully saturated rings. The number of benzene rings is 2. The standard InChI is InChI=1S/C18H21ClN4O/c1-20-18(23-13-14-6-5-9-16(19)12-14)22-11-10-21-17(24)15-7-3-2-4-8-15/h2-9,12H,10-11,13H2,1H3,(H,21,24)(H2,20,22,23). The lowest BCUT2D eigenvalue weighted by Gasteiger charge is -2.12. The zero-order chi connectivity index (χ0) is 17.2. The zero-order valence-electron chi connectivity index (χ0n) is 13.6. The van der Waals surface area contributed by atoms with Crippen molar-refractivity contribution in [2.24, 2.45) is 4.99 Å². The van der Waals surface area contributed by atoms with Crippen molar-refractivity contribution in [2.45, 2.75) is 6.54 Å². The molecule has 0 aromatic heterocycles. The zero-order valence-corrected chi connectivity index (χ0v) is 14.3. The molecule has 0 aliphatic carbocycles. The van der Waals surface area contributed by atoms with Crippen molar-refractivity contribution in [1.29, 1.82) is 0 Å². The predicted molar refractivity (Wildman–Crippen MR) is 98.4 cm³/mol. The van der Waals surface area contributed by atoms with E-state index in [0.29, 0.717) is 36.2 Å². The maximum Gasteiger partial charge on any atom is 0.251 e. The number of nitrogens with one attached hydrogen (secondary N) is 3. The summed E-state index contributed by atoms with van der Waals surface area (Å²) in [4.78, 5) is 16.1. The lowest BCUT2D eigenvalue weighted by atomic mass is 10.2. The van der Waals surface area contributed by atoms with Gasteiger partial charge in [-0.3, -0.25) is 9.79 Å². The first-order valence-corrected chi connectivity index (χ1v) is 8.09. The van der Waals surface area contributed by atoms with Gasteiger partial charge in [0.2, 0.25) is 0 Å². The lowest BCUT2D eigenvalue weighted by Crippen LogP contribution is -2.41. The molecule has 0 radical (unpaired) electrons. The monoisotopic (exact) mass is 344 g/mol. The molecule has 5 nitrogen and oxygen atoms in total. The van der Waals surface area contributed by atoms with E-state index in [1.54, 1.807) is 19.2 Å². The predicted octanol–water partition coefficient (Wildman–Crippen LogP) is 2.43. The number of nitrogens with zero attached hydrogens (tertiary/aromatic N) is 1. The number of aliphatic imine (C=N–C) groups is 1. The Labute approximate surface area is 147 Å². The summed E-state index contributed by atoms with van der Waals surface area (Å²) in [5.41, 5.74) is 1.73. The molecule has 2 aromatic carbocycles. The highest BCUT2D eigenvalue weighted by molar-refractivity contribution is 6.30. The smallest absolute Gasteiger partial charge is 0.251 e. The molecule has 24 heavy (non-hydrogen) atoms. The van der Waals surface area contributed by atoms with Crippen molar-refractivity contribution < 1.29 is 4.79 Å². The number of amides is 1. The summed E-state index contributed by atoms with van der Waals surface area (Å²) in [6.07, 6.45) is 0. The van der Waals surface area contributed by atoms with E-state index in [1.807, 2.05) is 42.5 Å². The maximum absolute atomic E-state index is 11.9. The van der Waals surface area contributed by atoms with Crippen LogP contribution < -0.4 is 16.0 Å². The van der Waals surface area contributed by atoms with Crippen LogP contribution in [0.4, 0.5) is 0 Å². The van der Waals surface area contributed by atoms with Crippen LogP contribution in [0.3, 0.4) is 0 Å². The van der Waals surface area contributed by atoms with E-state index in [9.17, 15) is 4.79 Å². The minimum Gasteiger partial charge on any atom is -0.355 e. The van der Waals surface area contributed by atoms with Crippen LogP contribution in [-0.2, 0) is 6.54 Å². The van der Waals surface area contributed by atoms with Crippen LogP contribution in [-0.4, -0.2) is 32.0 Å². The second kappa shape index (κ2) is 9.57. The van der Waals surface area contributed by atoms with Crippen LogP contribution in [0.5, 0.6) is 0 Å². The van der Waals surface area contributed by atoms with Gasteiger partial charge in [0.15, 0.2) is 5.96 Å². The molecule has 2 rings (SSSR count). The van der Waals surface area contributed by atoms with E-state index in [-0.39, 0.29) is 5.91 Å². The largest absolute Gasteiger partial charge is 0.355 e. The van der Waals surface area contributed by atoms with E-state index < -0.39 is 0 Å². The summed E-state index contributed by atoms with van der Waals surface area (Å²) in [5.74, 6) is 0.586. The van der Waals surface area contributed by atoms with Gasteiger partial charge in [0.1, 0.15) is 0 Å². The third-order valence-electron chi connectivity index (χ3n) is 3.31. The van der Waals surface area contributed by atoms with Crippen LogP contribution in [0.25, 0.3) is 0 Å². The van der Waals surface area contributed by atoms with Gasteiger partial charge in [-0.05, 0) is 29.8 Å². The van der Waals surface area contributed by atoms with Crippen LogP contribution in [0, 0.1) is 0 Å². The van der Waals surface area contributed by atoms with E-state index in [2.05, 4.69) is 20.9 Å². The number of carbonyl (C=O) groups excluding carboxylic acids is 1. The Balaban J connectivity index is 1.69. The first-order valence-electron chi connectivity index (χ1n) is 7.71. The number of guanidine groups is 1. The Bertz CT molecular complexity index is 688. The quantitative estimate of drug-likeness (QED) is 0.428. The minimum absolute atomic E-state index is 0.0840. The fourth-order valence-corrected chi connectivity index (χ4v) is 2.31. The fourth-order valence-electron chi connectivity index (χ4n) is 2.10. The summed E-state index contributed by atoms with van der Waals surface area (Å²) in [7, 11) is 1.70. The normalized spacial score (nSPS) is 11.0. The Hall–Kier alpha value is -2.53. The van der Waals surface area contributed by atoms with Gasteiger partial charge in [0, 0.05) is 37.3 Å². The number of hydrogen-bond donors (Lipinski definition) is 3. The summed E-state index contributed by atoms with van der Waals surface area (Å²) in [5, 5.41) is 9.92. The third-order valence-corrected chi connectivity index (χ3v) is 3.55. The molecule has 0 unspecified atom stereocenters. The van der Waals surface area contributed by atoms with Crippen LogP contribution in [0.1, 0.15) is 15.9 Å². The molecule has 0 spiro atoms. The molecule has 0 atom stereocenters. The third kappa shape index (κ3) is 5.93. The first kappa shape index (κ1) is 17.8. The van der Waals surface area contributed by atoms with Crippen LogP contribution in [0.2, 0.25) is 5.02 Å². The van der Waals surface area contributed by atoms with Gasteiger partial charge in [-0.15, -0.1) is 0 Å². The molecule has 126 valence electrons. The molecule has 2 aromatic rings. The molecule has 6 heteroatoms. The molecule has 0 saturated heterocycles. The SMILES string of the molecule is CN=C(NCCNC(=O)c1ccccc1)NCc1cccc(Cl)c1. The van der Waals surface area contributed by atoms with Gasteiger partial charge in [-0.1, -0.05) is 41.9 Å². The summed E-state index contributed by atoms with van der Waals surface area (Å²) < 4.78 is 0. The Morgan fingerprint density at radius 1 is 1.00 bits per heavy atom. The average Bonchev–Trinajstić information content (AvgIpc) is 2.61. The summed E-state index contributed by atoms with van der Waals surface area (Å²) in [6.45, 7) is 1.70. The lowest BCUT2D eigenvalue weighted by molar-refractivity contribution is 0.0954. The van der Waals surface area contributed by atoms with E-state index in [1.165, 1.54) is 0 Å². The Morgan fingerprint density at radius 2 is 1.75 bits per heavy atom. The molecular weight excluding hydrogens is 324 g/mol. The van der Waals surface area contributed by atoms with E-state index in [4.69, 9.17) is 11.6 Å². The van der Waals surface area contributed by atoms with E-state index in [0.717, 1.165) is 5.56 Å². The van der Waals surface area contributed by atoms with Gasteiger partial charge in [0.25, 0.3) is 5.91 Å². The van der Waals surface area contributed by atoms with Crippen molar-refractivity contribution in [2.75, 3.05) is 20.1 Å². The van der Waals surface area contributed by atoms with Gasteiger partial charge < -0.3 is 16.0 Å². The summed E-state index contributed by atoms with van der Waals surface area (Å²) in [6, 6.07) is 16.8. The highest BCUT2D eigenvalue weighted by Crippen LogP contribution is 2.10. The molecule has 0 aliphatic rings. The average molecular weight is 345 g/mol. The summed E-state index contributed by atoms with van der Waals surface area (Å²) >= 11 is 5.96. The van der Waals surface area contributed by atoms with Crippen LogP contribution in [0.15, 0.2) is 59.6 Å². The first-order chi connectivity index (χ1) is 11.7. The topological polar surface area (TPSA) is 65.5 Å². The molecular formula is C18H21ClN4O. The van der Waals surface area contributed by atoms with Gasteiger partial charge >= 0.3 is 0 Å². The fraction of sp³-hybridized carbons (Fsp3) is 0.222. The van der Waals surface area contributed by atoms with E-state index >= 15 is 0 Å².